The van der Waals surface area contributed by atoms with Crippen molar-refractivity contribution in [3.05, 3.63) is 11.1 Å². The van der Waals surface area contributed by atoms with Gasteiger partial charge in [0.15, 0.2) is 0 Å². The van der Waals surface area contributed by atoms with Crippen LogP contribution in [0.15, 0.2) is 11.1 Å². The summed E-state index contributed by atoms with van der Waals surface area (Å²) < 4.78 is 2.35. The molecule has 9 heavy (non-hydrogen) atoms. The van der Waals surface area contributed by atoms with Gasteiger partial charge in [0.1, 0.15) is 0 Å². The minimum atomic E-state index is 1.15. The number of halogens is 1. The molecule has 1 aliphatic heterocycles. The second-order valence-electron chi connectivity index (χ2n) is 2.43. The van der Waals surface area contributed by atoms with E-state index in [9.17, 15) is 0 Å². The normalized spacial score (nSPS) is 21.7. The number of nitrogens with zero attached hydrogens (tertiary/aromatic N) is 1. The summed E-state index contributed by atoms with van der Waals surface area (Å²) in [5.41, 5.74) is 3.08. The third-order valence-electron chi connectivity index (χ3n) is 1.65. The Hall–Kier alpha value is 0.780. The standard InChI is InChI=1S/C6H10INS/c1-5-3-8(9-7)4-6(5)2/h3-4H2,1-2H3. The van der Waals surface area contributed by atoms with Gasteiger partial charge in [-0.05, 0) is 23.0 Å². The topological polar surface area (TPSA) is 3.24 Å². The van der Waals surface area contributed by atoms with Crippen molar-refractivity contribution >= 4 is 30.3 Å². The van der Waals surface area contributed by atoms with Gasteiger partial charge >= 0.3 is 0 Å². The molecule has 1 rings (SSSR count). The molecule has 1 nitrogen and oxygen atoms in total. The number of hydrogen-bond acceptors (Lipinski definition) is 2. The molecule has 0 radical (unpaired) electrons. The van der Waals surface area contributed by atoms with Crippen LogP contribution in [0.4, 0.5) is 0 Å². The minimum absolute atomic E-state index is 1.15. The molecule has 3 heteroatoms. The van der Waals surface area contributed by atoms with E-state index in [1.165, 1.54) is 0 Å². The third-order valence-corrected chi connectivity index (χ3v) is 3.78. The highest BCUT2D eigenvalue weighted by Crippen LogP contribution is 2.26. The Labute approximate surface area is 72.6 Å². The first-order valence-corrected chi connectivity index (χ1v) is 6.24. The van der Waals surface area contributed by atoms with E-state index < -0.39 is 0 Å². The van der Waals surface area contributed by atoms with Gasteiger partial charge in [-0.1, -0.05) is 11.1 Å². The summed E-state index contributed by atoms with van der Waals surface area (Å²) >= 11 is 2.33. The van der Waals surface area contributed by atoms with Gasteiger partial charge in [-0.2, -0.15) is 0 Å². The van der Waals surface area contributed by atoms with Crippen LogP contribution in [0.3, 0.4) is 0 Å². The first kappa shape index (κ1) is 7.88. The van der Waals surface area contributed by atoms with Crippen molar-refractivity contribution in [2.45, 2.75) is 13.8 Å². The molecule has 0 atom stereocenters. The lowest BCUT2D eigenvalue weighted by atomic mass is 10.2. The van der Waals surface area contributed by atoms with E-state index in [1.54, 1.807) is 20.3 Å². The number of rotatable bonds is 1. The lowest BCUT2D eigenvalue weighted by Crippen LogP contribution is -2.08. The molecule has 0 aromatic heterocycles. The average Bonchev–Trinajstić information content (AvgIpc) is 2.13. The Bertz CT molecular complexity index is 130. The molecule has 0 spiro atoms. The van der Waals surface area contributed by atoms with E-state index in [0.29, 0.717) is 0 Å². The van der Waals surface area contributed by atoms with Gasteiger partial charge < -0.3 is 0 Å². The molecule has 0 aromatic rings. The van der Waals surface area contributed by atoms with E-state index in [2.05, 4.69) is 39.4 Å². The largest absolute Gasteiger partial charge is 0.234 e. The Morgan fingerprint density at radius 3 is 2.00 bits per heavy atom. The molecule has 0 amide bonds. The SMILES string of the molecule is CC1=C(C)CN(SI)C1. The van der Waals surface area contributed by atoms with Gasteiger partial charge in [0.05, 0.1) is 0 Å². The van der Waals surface area contributed by atoms with Crippen molar-refractivity contribution in [1.29, 1.82) is 0 Å². The highest BCUT2D eigenvalue weighted by Gasteiger charge is 2.14. The molecular formula is C6H10INS. The molecule has 0 aliphatic carbocycles. The molecule has 0 unspecified atom stereocenters. The van der Waals surface area contributed by atoms with Crippen molar-refractivity contribution < 1.29 is 0 Å². The lowest BCUT2D eigenvalue weighted by molar-refractivity contribution is 0.602. The summed E-state index contributed by atoms with van der Waals surface area (Å²) in [5.74, 6) is 0. The Morgan fingerprint density at radius 1 is 1.33 bits per heavy atom. The molecule has 0 aromatic carbocycles. The maximum Gasteiger partial charge on any atom is 0.0311 e. The van der Waals surface area contributed by atoms with Crippen molar-refractivity contribution in [1.82, 2.24) is 4.31 Å². The first-order chi connectivity index (χ1) is 4.24. The first-order valence-electron chi connectivity index (χ1n) is 2.93. The Balaban J connectivity index is 2.48. The van der Waals surface area contributed by atoms with Crippen LogP contribution in [-0.4, -0.2) is 17.4 Å². The second kappa shape index (κ2) is 3.25. The molecule has 52 valence electrons. The molecule has 0 saturated heterocycles. The molecule has 0 saturated carbocycles. The fourth-order valence-electron chi connectivity index (χ4n) is 0.904. The van der Waals surface area contributed by atoms with Gasteiger partial charge in [-0.3, -0.25) is 0 Å². The van der Waals surface area contributed by atoms with E-state index in [1.807, 2.05) is 0 Å². The van der Waals surface area contributed by atoms with E-state index in [4.69, 9.17) is 0 Å². The lowest BCUT2D eigenvalue weighted by Gasteiger charge is -2.07. The summed E-state index contributed by atoms with van der Waals surface area (Å²) in [6.07, 6.45) is 0. The smallest absolute Gasteiger partial charge is 0.0311 e. The molecule has 0 bridgehead atoms. The van der Waals surface area contributed by atoms with Crippen LogP contribution in [0.1, 0.15) is 13.8 Å². The van der Waals surface area contributed by atoms with E-state index in [0.717, 1.165) is 13.1 Å². The summed E-state index contributed by atoms with van der Waals surface area (Å²) in [6, 6.07) is 0. The van der Waals surface area contributed by atoms with Gasteiger partial charge in [0.25, 0.3) is 0 Å². The minimum Gasteiger partial charge on any atom is -0.234 e. The van der Waals surface area contributed by atoms with Crippen LogP contribution < -0.4 is 0 Å². The van der Waals surface area contributed by atoms with E-state index >= 15 is 0 Å². The predicted molar refractivity (Wildman–Crippen MR) is 51.6 cm³/mol. The summed E-state index contributed by atoms with van der Waals surface area (Å²) in [5, 5.41) is 0. The number of hydrogen-bond donors (Lipinski definition) is 0. The van der Waals surface area contributed by atoms with Crippen LogP contribution in [-0.2, 0) is 0 Å². The summed E-state index contributed by atoms with van der Waals surface area (Å²) in [6.45, 7) is 6.73. The zero-order valence-electron chi connectivity index (χ0n) is 5.65. The van der Waals surface area contributed by atoms with Crippen molar-refractivity contribution in [2.75, 3.05) is 13.1 Å². The molecule has 1 heterocycles. The maximum absolute atomic E-state index is 2.35. The molecule has 0 fully saturated rings. The quantitative estimate of drug-likeness (QED) is 0.402. The molecule has 0 N–H and O–H groups in total. The van der Waals surface area contributed by atoms with Crippen molar-refractivity contribution in [3.63, 3.8) is 0 Å². The van der Waals surface area contributed by atoms with Crippen LogP contribution in [0.25, 0.3) is 0 Å². The van der Waals surface area contributed by atoms with Crippen molar-refractivity contribution in [3.8, 4) is 0 Å². The second-order valence-corrected chi connectivity index (χ2v) is 4.26. The Kier molecular flexibility index (Phi) is 2.85. The molecule has 1 aliphatic rings. The monoisotopic (exact) mass is 255 g/mol. The highest BCUT2D eigenvalue weighted by atomic mass is 127. The van der Waals surface area contributed by atoms with Crippen LogP contribution in [0.5, 0.6) is 0 Å². The van der Waals surface area contributed by atoms with Crippen LogP contribution in [0, 0.1) is 0 Å². The third kappa shape index (κ3) is 1.85. The fraction of sp³-hybridized carbons (Fsp3) is 0.667. The van der Waals surface area contributed by atoms with Gasteiger partial charge in [-0.25, -0.2) is 4.31 Å². The van der Waals surface area contributed by atoms with Crippen LogP contribution >= 0.6 is 30.3 Å². The average molecular weight is 255 g/mol. The Morgan fingerprint density at radius 2 is 1.78 bits per heavy atom. The van der Waals surface area contributed by atoms with Crippen LogP contribution in [0.2, 0.25) is 0 Å². The zero-order valence-corrected chi connectivity index (χ0v) is 8.62. The van der Waals surface area contributed by atoms with Gasteiger partial charge in [0, 0.05) is 34.3 Å². The molecular weight excluding hydrogens is 245 g/mol. The van der Waals surface area contributed by atoms with Gasteiger partial charge in [-0.15, -0.1) is 0 Å². The zero-order chi connectivity index (χ0) is 6.85. The summed E-state index contributed by atoms with van der Waals surface area (Å²) in [4.78, 5) is 0. The summed E-state index contributed by atoms with van der Waals surface area (Å²) in [7, 11) is 1.80. The predicted octanol–water partition coefficient (Wildman–Crippen LogP) is 2.64. The van der Waals surface area contributed by atoms with Gasteiger partial charge in [0.2, 0.25) is 0 Å². The van der Waals surface area contributed by atoms with Crippen molar-refractivity contribution in [2.24, 2.45) is 0 Å². The maximum atomic E-state index is 2.35. The highest BCUT2D eigenvalue weighted by molar-refractivity contribution is 14.2. The fourth-order valence-corrected chi connectivity index (χ4v) is 2.22. The van der Waals surface area contributed by atoms with E-state index in [-0.39, 0.29) is 0 Å².